The molecule has 0 amide bonds. The lowest BCUT2D eigenvalue weighted by molar-refractivity contribution is 0.438. The lowest BCUT2D eigenvalue weighted by Gasteiger charge is -2.22. The molecule has 1 aliphatic carbocycles. The third-order valence-electron chi connectivity index (χ3n) is 4.58. The summed E-state index contributed by atoms with van der Waals surface area (Å²) in [5, 5.41) is 9.50. The monoisotopic (exact) mass is 298 g/mol. The van der Waals surface area contributed by atoms with Crippen LogP contribution in [0.25, 0.3) is 0 Å². The van der Waals surface area contributed by atoms with Crippen molar-refractivity contribution in [3.63, 3.8) is 0 Å². The van der Waals surface area contributed by atoms with Crippen molar-refractivity contribution < 1.29 is 18.1 Å². The fourth-order valence-corrected chi connectivity index (χ4v) is 3.34. The Morgan fingerprint density at radius 1 is 1.15 bits per heavy atom. The van der Waals surface area contributed by atoms with Crippen LogP contribution in [0.15, 0.2) is 18.2 Å². The van der Waals surface area contributed by atoms with E-state index in [1.165, 1.54) is 19.8 Å². The van der Waals surface area contributed by atoms with E-state index in [1.807, 2.05) is 12.1 Å². The molecule has 0 bridgehead atoms. The molecule has 1 saturated carbocycles. The van der Waals surface area contributed by atoms with E-state index < -0.39 is 21.3 Å². The molecule has 0 spiro atoms. The maximum atomic E-state index is 11.3. The van der Waals surface area contributed by atoms with Gasteiger partial charge in [-0.25, -0.2) is 0 Å². The molecule has 112 valence electrons. The van der Waals surface area contributed by atoms with E-state index >= 15 is 0 Å². The van der Waals surface area contributed by atoms with Crippen LogP contribution in [0.2, 0.25) is 0 Å². The van der Waals surface area contributed by atoms with Crippen molar-refractivity contribution in [2.45, 2.75) is 50.7 Å². The molecule has 1 fully saturated rings. The van der Waals surface area contributed by atoms with E-state index in [0.29, 0.717) is 11.5 Å². The third kappa shape index (κ3) is 2.99. The van der Waals surface area contributed by atoms with Crippen LogP contribution < -0.4 is 0 Å². The SMILES string of the molecule is CC(c1cccc(C(C)C(C)S(=O)(=O)O)c1O)C1CC1. The number of aromatic hydroxyl groups is 1. The fourth-order valence-electron chi connectivity index (χ4n) is 2.68. The maximum Gasteiger partial charge on any atom is 0.268 e. The van der Waals surface area contributed by atoms with Crippen molar-refractivity contribution in [1.29, 1.82) is 0 Å². The molecule has 1 aliphatic rings. The average molecular weight is 298 g/mol. The van der Waals surface area contributed by atoms with Gasteiger partial charge in [0.2, 0.25) is 0 Å². The zero-order chi connectivity index (χ0) is 15.1. The number of hydrogen-bond donors (Lipinski definition) is 2. The summed E-state index contributed by atoms with van der Waals surface area (Å²) in [4.78, 5) is 0. The summed E-state index contributed by atoms with van der Waals surface area (Å²) in [6.07, 6.45) is 2.36. The smallest absolute Gasteiger partial charge is 0.268 e. The Hall–Kier alpha value is -1.07. The van der Waals surface area contributed by atoms with Crippen molar-refractivity contribution in [3.05, 3.63) is 29.3 Å². The highest BCUT2D eigenvalue weighted by molar-refractivity contribution is 7.86. The van der Waals surface area contributed by atoms with Gasteiger partial charge in [-0.1, -0.05) is 32.0 Å². The number of hydrogen-bond acceptors (Lipinski definition) is 3. The number of phenolic OH excluding ortho intramolecular Hbond substituents is 1. The summed E-state index contributed by atoms with van der Waals surface area (Å²) in [6.45, 7) is 5.25. The molecular weight excluding hydrogens is 276 g/mol. The molecule has 2 rings (SSSR count). The predicted octanol–water partition coefficient (Wildman–Crippen LogP) is 3.29. The second-order valence-electron chi connectivity index (χ2n) is 5.92. The van der Waals surface area contributed by atoms with Crippen LogP contribution in [-0.2, 0) is 10.1 Å². The molecule has 20 heavy (non-hydrogen) atoms. The molecule has 1 aromatic carbocycles. The van der Waals surface area contributed by atoms with Gasteiger partial charge in [0.25, 0.3) is 10.1 Å². The Labute approximate surface area is 120 Å². The quantitative estimate of drug-likeness (QED) is 0.818. The zero-order valence-electron chi connectivity index (χ0n) is 12.1. The van der Waals surface area contributed by atoms with E-state index in [1.54, 1.807) is 13.0 Å². The van der Waals surface area contributed by atoms with Gasteiger partial charge < -0.3 is 5.11 Å². The summed E-state index contributed by atoms with van der Waals surface area (Å²) in [6, 6.07) is 5.47. The number of para-hydroxylation sites is 1. The Morgan fingerprint density at radius 3 is 2.20 bits per heavy atom. The zero-order valence-corrected chi connectivity index (χ0v) is 12.9. The van der Waals surface area contributed by atoms with Gasteiger partial charge in [-0.05, 0) is 42.7 Å². The minimum absolute atomic E-state index is 0.176. The Balaban J connectivity index is 2.35. The Morgan fingerprint density at radius 2 is 1.70 bits per heavy atom. The van der Waals surface area contributed by atoms with Gasteiger partial charge in [-0.2, -0.15) is 8.42 Å². The van der Waals surface area contributed by atoms with Crippen molar-refractivity contribution in [3.8, 4) is 5.75 Å². The second-order valence-corrected chi connectivity index (χ2v) is 7.69. The van der Waals surface area contributed by atoms with Gasteiger partial charge in [0.1, 0.15) is 5.75 Å². The molecule has 3 atom stereocenters. The maximum absolute atomic E-state index is 11.3. The first kappa shape index (κ1) is 15.3. The van der Waals surface area contributed by atoms with Gasteiger partial charge in [-0.15, -0.1) is 0 Å². The largest absolute Gasteiger partial charge is 0.507 e. The number of phenols is 1. The van der Waals surface area contributed by atoms with E-state index in [0.717, 1.165) is 5.56 Å². The minimum Gasteiger partial charge on any atom is -0.507 e. The first-order chi connectivity index (χ1) is 9.23. The van der Waals surface area contributed by atoms with E-state index in [2.05, 4.69) is 6.92 Å². The van der Waals surface area contributed by atoms with E-state index in [4.69, 9.17) is 0 Å². The van der Waals surface area contributed by atoms with Crippen LogP contribution in [0, 0.1) is 5.92 Å². The molecule has 0 heterocycles. The lowest BCUT2D eigenvalue weighted by atomic mass is 9.89. The fraction of sp³-hybridized carbons (Fsp3) is 0.600. The van der Waals surface area contributed by atoms with Crippen molar-refractivity contribution >= 4 is 10.1 Å². The topological polar surface area (TPSA) is 74.6 Å². The molecule has 0 saturated heterocycles. The molecular formula is C15H22O4S. The highest BCUT2D eigenvalue weighted by Crippen LogP contribution is 2.46. The molecule has 0 aliphatic heterocycles. The van der Waals surface area contributed by atoms with Crippen LogP contribution >= 0.6 is 0 Å². The van der Waals surface area contributed by atoms with E-state index in [9.17, 15) is 18.1 Å². The first-order valence-corrected chi connectivity index (χ1v) is 8.52. The molecule has 3 unspecified atom stereocenters. The van der Waals surface area contributed by atoms with Gasteiger partial charge >= 0.3 is 0 Å². The van der Waals surface area contributed by atoms with Gasteiger partial charge in [0, 0.05) is 5.92 Å². The highest BCUT2D eigenvalue weighted by Gasteiger charge is 2.33. The summed E-state index contributed by atoms with van der Waals surface area (Å²) in [5.74, 6) is 0.611. The Kier molecular flexibility index (Phi) is 4.12. The van der Waals surface area contributed by atoms with Gasteiger partial charge in [-0.3, -0.25) is 4.55 Å². The highest BCUT2D eigenvalue weighted by atomic mass is 32.2. The molecule has 0 aromatic heterocycles. The summed E-state index contributed by atoms with van der Waals surface area (Å²) in [7, 11) is -4.12. The first-order valence-electron chi connectivity index (χ1n) is 7.01. The average Bonchev–Trinajstić information content (AvgIpc) is 3.19. The van der Waals surface area contributed by atoms with Crippen molar-refractivity contribution in [1.82, 2.24) is 0 Å². The van der Waals surface area contributed by atoms with Crippen LogP contribution in [0.5, 0.6) is 5.75 Å². The molecule has 1 aromatic rings. The van der Waals surface area contributed by atoms with Crippen LogP contribution in [0.1, 0.15) is 56.6 Å². The van der Waals surface area contributed by atoms with E-state index in [-0.39, 0.29) is 11.7 Å². The summed E-state index contributed by atoms with van der Waals surface area (Å²) in [5.41, 5.74) is 1.46. The molecule has 2 N–H and O–H groups in total. The standard InChI is InChI=1S/C15H22O4S/c1-9(11(3)20(17,18)19)13-5-4-6-14(15(13)16)10(2)12-7-8-12/h4-6,9-12,16H,7-8H2,1-3H3,(H,17,18,19). The molecule has 4 nitrogen and oxygen atoms in total. The minimum atomic E-state index is -4.12. The second kappa shape index (κ2) is 5.37. The van der Waals surface area contributed by atoms with Gasteiger partial charge in [0.05, 0.1) is 5.25 Å². The van der Waals surface area contributed by atoms with Crippen molar-refractivity contribution in [2.75, 3.05) is 0 Å². The van der Waals surface area contributed by atoms with Gasteiger partial charge in [0.15, 0.2) is 0 Å². The normalized spacial score (nSPS) is 20.4. The van der Waals surface area contributed by atoms with Crippen LogP contribution in [-0.4, -0.2) is 23.3 Å². The number of benzene rings is 1. The lowest BCUT2D eigenvalue weighted by Crippen LogP contribution is -2.23. The predicted molar refractivity (Wildman–Crippen MR) is 78.7 cm³/mol. The molecule has 5 heteroatoms. The number of rotatable bonds is 5. The third-order valence-corrected chi connectivity index (χ3v) is 5.93. The summed E-state index contributed by atoms with van der Waals surface area (Å²) < 4.78 is 31.7. The Bertz CT molecular complexity index is 590. The van der Waals surface area contributed by atoms with Crippen LogP contribution in [0.3, 0.4) is 0 Å². The van der Waals surface area contributed by atoms with Crippen LogP contribution in [0.4, 0.5) is 0 Å². The summed E-state index contributed by atoms with van der Waals surface area (Å²) >= 11 is 0. The molecule has 0 radical (unpaired) electrons. The van der Waals surface area contributed by atoms with Crippen molar-refractivity contribution in [2.24, 2.45) is 5.92 Å².